The lowest BCUT2D eigenvalue weighted by molar-refractivity contribution is -0.167. The quantitative estimate of drug-likeness (QED) is 0.0344. The third-order valence-electron chi connectivity index (χ3n) is 12.6. The van der Waals surface area contributed by atoms with E-state index in [2.05, 4.69) is 41.5 Å². The van der Waals surface area contributed by atoms with Crippen molar-refractivity contribution in [2.24, 2.45) is 17.8 Å². The van der Waals surface area contributed by atoms with E-state index in [4.69, 9.17) is 14.2 Å². The van der Waals surface area contributed by atoms with E-state index in [-0.39, 0.29) is 31.1 Å². The molecule has 1 atom stereocenters. The van der Waals surface area contributed by atoms with Gasteiger partial charge in [0, 0.05) is 19.3 Å². The van der Waals surface area contributed by atoms with Crippen LogP contribution in [-0.2, 0) is 28.6 Å². The number of hydrogen-bond acceptors (Lipinski definition) is 6. The summed E-state index contributed by atoms with van der Waals surface area (Å²) in [5, 5.41) is 0. The van der Waals surface area contributed by atoms with Gasteiger partial charge in [-0.05, 0) is 37.0 Å². The van der Waals surface area contributed by atoms with Gasteiger partial charge in [-0.3, -0.25) is 14.4 Å². The first-order valence-electron chi connectivity index (χ1n) is 27.6. The van der Waals surface area contributed by atoms with Crippen LogP contribution in [0.25, 0.3) is 0 Å². The SMILES string of the molecule is CC(C)CCCCCCCCCCCCCCCCC(=O)OC[C@@H](COC(=O)CCCCCCCCCCCCCC(C)C)OC(=O)CCCCCCCCCCCCC(C)C. The molecule has 0 aliphatic rings. The Morgan fingerprint density at radius 2 is 0.468 bits per heavy atom. The van der Waals surface area contributed by atoms with E-state index in [1.807, 2.05) is 0 Å². The Kier molecular flexibility index (Phi) is 46.2. The molecular weight excluding hydrogens is 769 g/mol. The van der Waals surface area contributed by atoms with E-state index in [0.717, 1.165) is 75.5 Å². The van der Waals surface area contributed by atoms with E-state index < -0.39 is 6.10 Å². The molecule has 0 rings (SSSR count). The average Bonchev–Trinajstić information content (AvgIpc) is 3.23. The standard InChI is InChI=1S/C56H108O6/c1-50(2)42-36-30-24-18-12-9-7-8-10-14-21-27-33-39-45-54(57)60-48-53(62-56(59)47-41-35-29-23-17-16-20-26-32-38-44-52(5)6)49-61-55(58)46-40-34-28-22-15-11-13-19-25-31-37-43-51(3)4/h50-53H,7-49H2,1-6H3/t53-/m0/s1. The van der Waals surface area contributed by atoms with E-state index >= 15 is 0 Å². The summed E-state index contributed by atoms with van der Waals surface area (Å²) >= 11 is 0. The van der Waals surface area contributed by atoms with Gasteiger partial charge in [-0.25, -0.2) is 0 Å². The minimum Gasteiger partial charge on any atom is -0.462 e. The van der Waals surface area contributed by atoms with Crippen LogP contribution in [0.2, 0.25) is 0 Å². The Bertz CT molecular complexity index is 960. The molecule has 0 aliphatic carbocycles. The average molecular weight is 877 g/mol. The molecular formula is C56H108O6. The second-order valence-electron chi connectivity index (χ2n) is 20.6. The summed E-state index contributed by atoms with van der Waals surface area (Å²) in [4.78, 5) is 38.1. The van der Waals surface area contributed by atoms with Gasteiger partial charge in [0.1, 0.15) is 13.2 Å². The summed E-state index contributed by atoms with van der Waals surface area (Å²) in [6.07, 6.45) is 48.1. The molecule has 0 amide bonds. The number of unbranched alkanes of at least 4 members (excludes halogenated alkanes) is 32. The van der Waals surface area contributed by atoms with Gasteiger partial charge in [-0.2, -0.15) is 0 Å². The molecule has 0 aromatic heterocycles. The van der Waals surface area contributed by atoms with E-state index in [1.165, 1.54) is 186 Å². The molecule has 0 saturated carbocycles. The maximum atomic E-state index is 12.8. The third kappa shape index (κ3) is 49.4. The van der Waals surface area contributed by atoms with Crippen LogP contribution < -0.4 is 0 Å². The molecule has 0 aliphatic heterocycles. The van der Waals surface area contributed by atoms with E-state index in [9.17, 15) is 14.4 Å². The predicted molar refractivity (Wildman–Crippen MR) is 266 cm³/mol. The zero-order chi connectivity index (χ0) is 45.6. The number of hydrogen-bond donors (Lipinski definition) is 0. The van der Waals surface area contributed by atoms with Crippen LogP contribution in [0.3, 0.4) is 0 Å². The van der Waals surface area contributed by atoms with Gasteiger partial charge in [-0.1, -0.05) is 266 Å². The highest BCUT2D eigenvalue weighted by Gasteiger charge is 2.19. The Balaban J connectivity index is 4.30. The molecule has 0 heterocycles. The second kappa shape index (κ2) is 47.4. The number of ether oxygens (including phenoxy) is 3. The molecule has 0 aromatic rings. The number of carbonyl (C=O) groups is 3. The minimum absolute atomic E-state index is 0.0641. The maximum absolute atomic E-state index is 12.8. The number of esters is 3. The monoisotopic (exact) mass is 877 g/mol. The van der Waals surface area contributed by atoms with Crippen LogP contribution in [-0.4, -0.2) is 37.2 Å². The van der Waals surface area contributed by atoms with Gasteiger partial charge in [0.2, 0.25) is 0 Å². The van der Waals surface area contributed by atoms with E-state index in [1.54, 1.807) is 0 Å². The highest BCUT2D eigenvalue weighted by Crippen LogP contribution is 2.18. The first kappa shape index (κ1) is 60.4. The molecule has 0 bridgehead atoms. The Morgan fingerprint density at radius 1 is 0.274 bits per heavy atom. The van der Waals surface area contributed by atoms with Crippen LogP contribution in [0.1, 0.15) is 305 Å². The van der Waals surface area contributed by atoms with E-state index in [0.29, 0.717) is 19.3 Å². The minimum atomic E-state index is -0.763. The van der Waals surface area contributed by atoms with Crippen LogP contribution in [0.5, 0.6) is 0 Å². The predicted octanol–water partition coefficient (Wildman–Crippen LogP) is 17.9. The number of carbonyl (C=O) groups excluding carboxylic acids is 3. The van der Waals surface area contributed by atoms with Crippen LogP contribution in [0.15, 0.2) is 0 Å². The Labute approximate surface area is 387 Å². The summed E-state index contributed by atoms with van der Waals surface area (Å²) < 4.78 is 16.9. The lowest BCUT2D eigenvalue weighted by atomic mass is 10.0. The molecule has 0 saturated heterocycles. The third-order valence-corrected chi connectivity index (χ3v) is 12.6. The lowest BCUT2D eigenvalue weighted by Gasteiger charge is -2.18. The second-order valence-corrected chi connectivity index (χ2v) is 20.6. The smallest absolute Gasteiger partial charge is 0.306 e. The zero-order valence-electron chi connectivity index (χ0n) is 42.7. The molecule has 6 nitrogen and oxygen atoms in total. The molecule has 6 heteroatoms. The fourth-order valence-corrected chi connectivity index (χ4v) is 8.47. The first-order valence-corrected chi connectivity index (χ1v) is 27.6. The van der Waals surface area contributed by atoms with Gasteiger partial charge in [0.25, 0.3) is 0 Å². The summed E-state index contributed by atoms with van der Waals surface area (Å²) in [5.41, 5.74) is 0. The van der Waals surface area contributed by atoms with Gasteiger partial charge in [-0.15, -0.1) is 0 Å². The van der Waals surface area contributed by atoms with Crippen LogP contribution in [0, 0.1) is 17.8 Å². The van der Waals surface area contributed by atoms with Crippen molar-refractivity contribution >= 4 is 17.9 Å². The summed E-state index contributed by atoms with van der Waals surface area (Å²) in [7, 11) is 0. The Morgan fingerprint density at radius 3 is 0.694 bits per heavy atom. The largest absolute Gasteiger partial charge is 0.462 e. The van der Waals surface area contributed by atoms with Crippen LogP contribution >= 0.6 is 0 Å². The molecule has 62 heavy (non-hydrogen) atoms. The van der Waals surface area contributed by atoms with Crippen molar-refractivity contribution in [3.63, 3.8) is 0 Å². The van der Waals surface area contributed by atoms with Crippen molar-refractivity contribution < 1.29 is 28.6 Å². The van der Waals surface area contributed by atoms with Crippen molar-refractivity contribution in [1.82, 2.24) is 0 Å². The van der Waals surface area contributed by atoms with Crippen molar-refractivity contribution in [3.05, 3.63) is 0 Å². The van der Waals surface area contributed by atoms with Gasteiger partial charge in [0.15, 0.2) is 6.10 Å². The van der Waals surface area contributed by atoms with Crippen molar-refractivity contribution in [2.45, 2.75) is 311 Å². The fraction of sp³-hybridized carbons (Fsp3) is 0.946. The first-order chi connectivity index (χ1) is 30.1. The summed E-state index contributed by atoms with van der Waals surface area (Å²) in [5.74, 6) is 1.64. The van der Waals surface area contributed by atoms with Crippen LogP contribution in [0.4, 0.5) is 0 Å². The molecule has 0 spiro atoms. The van der Waals surface area contributed by atoms with Crippen molar-refractivity contribution in [3.8, 4) is 0 Å². The van der Waals surface area contributed by atoms with Crippen molar-refractivity contribution in [1.29, 1.82) is 0 Å². The highest BCUT2D eigenvalue weighted by atomic mass is 16.6. The molecule has 0 unspecified atom stereocenters. The summed E-state index contributed by atoms with van der Waals surface area (Å²) in [6.45, 7) is 13.7. The Hall–Kier alpha value is -1.59. The normalized spacial score (nSPS) is 12.1. The fourth-order valence-electron chi connectivity index (χ4n) is 8.47. The zero-order valence-corrected chi connectivity index (χ0v) is 42.7. The highest BCUT2D eigenvalue weighted by molar-refractivity contribution is 5.71. The maximum Gasteiger partial charge on any atom is 0.306 e. The lowest BCUT2D eigenvalue weighted by Crippen LogP contribution is -2.30. The topological polar surface area (TPSA) is 78.9 Å². The van der Waals surface area contributed by atoms with Gasteiger partial charge in [0.05, 0.1) is 0 Å². The van der Waals surface area contributed by atoms with Gasteiger partial charge < -0.3 is 14.2 Å². The van der Waals surface area contributed by atoms with Crippen molar-refractivity contribution in [2.75, 3.05) is 13.2 Å². The number of rotatable bonds is 49. The molecule has 0 aromatic carbocycles. The molecule has 0 fully saturated rings. The molecule has 0 radical (unpaired) electrons. The van der Waals surface area contributed by atoms with Gasteiger partial charge >= 0.3 is 17.9 Å². The molecule has 368 valence electrons. The molecule has 0 N–H and O–H groups in total. The summed E-state index contributed by atoms with van der Waals surface area (Å²) in [6, 6.07) is 0.